The molecule has 0 unspecified atom stereocenters. The molecule has 0 saturated heterocycles. The fraction of sp³-hybridized carbons (Fsp3) is 0.286. The highest BCUT2D eigenvalue weighted by atomic mass is 15.5. The summed E-state index contributed by atoms with van der Waals surface area (Å²) in [5, 5.41) is 9.80. The zero-order valence-electron chi connectivity index (χ0n) is 31.1. The molecule has 4 aromatic carbocycles. The highest BCUT2D eigenvalue weighted by molar-refractivity contribution is 5.55. The molecule has 6 aromatic rings. The molecule has 7 heteroatoms. The quantitative estimate of drug-likeness (QED) is 0.104. The number of nitrogens with zero attached hydrogens (tertiary/aromatic N) is 6. The van der Waals surface area contributed by atoms with Gasteiger partial charge in [-0.3, -0.25) is 0 Å². The summed E-state index contributed by atoms with van der Waals surface area (Å²) < 4.78 is 8.70. The van der Waals surface area contributed by atoms with Crippen LogP contribution >= 0.6 is 0 Å². The third kappa shape index (κ3) is 6.21. The van der Waals surface area contributed by atoms with Gasteiger partial charge in [0, 0.05) is 0 Å². The van der Waals surface area contributed by atoms with Crippen LogP contribution in [-0.2, 0) is 0 Å². The van der Waals surface area contributed by atoms with E-state index in [1.165, 1.54) is 66.8 Å². The van der Waals surface area contributed by atoms with Crippen LogP contribution in [0.5, 0.6) is 0 Å². The van der Waals surface area contributed by atoms with Crippen LogP contribution in [0.1, 0.15) is 66.8 Å². The molecule has 49 heavy (non-hydrogen) atoms. The van der Waals surface area contributed by atoms with Gasteiger partial charge in [0.1, 0.15) is 47.5 Å². The number of hydrogen-bond acceptors (Lipinski definition) is 2. The van der Waals surface area contributed by atoms with Gasteiger partial charge in [0.05, 0.1) is 10.3 Å². The van der Waals surface area contributed by atoms with Crippen LogP contribution in [0.25, 0.3) is 22.7 Å². The van der Waals surface area contributed by atoms with Gasteiger partial charge < -0.3 is 0 Å². The lowest BCUT2D eigenvalue weighted by molar-refractivity contribution is -0.582. The summed E-state index contributed by atoms with van der Waals surface area (Å²) in [6, 6.07) is 17.8. The molecule has 0 aliphatic heterocycles. The molecule has 2 aromatic heterocycles. The van der Waals surface area contributed by atoms with E-state index in [2.05, 4.69) is 180 Å². The van der Waals surface area contributed by atoms with Crippen LogP contribution in [0.3, 0.4) is 0 Å². The maximum atomic E-state index is 5.00. The average molecular weight is 652 g/mol. The van der Waals surface area contributed by atoms with Crippen molar-refractivity contribution < 1.29 is 9.13 Å². The lowest BCUT2D eigenvalue weighted by Crippen LogP contribution is -2.34. The summed E-state index contributed by atoms with van der Waals surface area (Å²) in [4.78, 5) is 0. The van der Waals surface area contributed by atoms with Crippen molar-refractivity contribution in [2.24, 2.45) is 10.3 Å². The Hall–Kier alpha value is -5.30. The largest absolute Gasteiger partial charge is 0.434 e. The van der Waals surface area contributed by atoms with E-state index in [1.54, 1.807) is 0 Å². The second kappa shape index (κ2) is 13.0. The fourth-order valence-electron chi connectivity index (χ4n) is 8.01. The Bertz CT molecular complexity index is 2040. The van der Waals surface area contributed by atoms with E-state index in [4.69, 9.17) is 10.3 Å². The van der Waals surface area contributed by atoms with Crippen LogP contribution in [-0.4, -0.2) is 9.13 Å². The van der Waals surface area contributed by atoms with E-state index in [9.17, 15) is 0 Å². The summed E-state index contributed by atoms with van der Waals surface area (Å²) in [7, 11) is 0. The Morgan fingerprint density at radius 1 is 0.449 bits per heavy atom. The van der Waals surface area contributed by atoms with Crippen molar-refractivity contribution in [3.8, 4) is 22.7 Å². The minimum atomic E-state index is 0.702. The topological polar surface area (TPSA) is 54.4 Å². The van der Waals surface area contributed by atoms with Crippen molar-refractivity contribution in [1.82, 2.24) is 9.13 Å². The monoisotopic (exact) mass is 651 g/mol. The average Bonchev–Trinajstić information content (AvgIpc) is 3.56. The molecular weight excluding hydrogens is 603 g/mol. The number of rotatable bonds is 7. The maximum Gasteiger partial charge on any atom is 0.434 e. The molecule has 0 aliphatic carbocycles. The third-order valence-electron chi connectivity index (χ3n) is 9.41. The number of nitrogens with one attached hydrogen (secondary N) is 1. The van der Waals surface area contributed by atoms with Gasteiger partial charge in [0.2, 0.25) is 0 Å². The molecule has 2 heterocycles. The van der Waals surface area contributed by atoms with Gasteiger partial charge in [0.25, 0.3) is 0 Å². The Balaban J connectivity index is 1.56. The number of anilines is 1. The van der Waals surface area contributed by atoms with Crippen molar-refractivity contribution in [3.63, 3.8) is 0 Å². The Morgan fingerprint density at radius 2 is 0.796 bits per heavy atom. The predicted octanol–water partition coefficient (Wildman–Crippen LogP) is 9.63. The minimum Gasteiger partial charge on any atom is -0.199 e. The molecule has 1 N–H and O–H groups in total. The molecule has 0 radical (unpaired) electrons. The zero-order valence-corrected chi connectivity index (χ0v) is 31.1. The lowest BCUT2D eigenvalue weighted by atomic mass is 10.0. The summed E-state index contributed by atoms with van der Waals surface area (Å²) in [6.45, 7) is 25.9. The molecule has 0 amide bonds. The minimum absolute atomic E-state index is 0.702. The standard InChI is InChI=1S/C42H48N7/c1-25-17-29(5)37(30(6)18-25)46-13-14-47(38-31(7)19-26(2)20-32(38)8)41(46)43-45-44-42-48(39-33(9)21-27(3)22-34(39)10)15-16-49(42)40-35(11)23-28(4)24-36(40)12/h13-24H,1-12H3/q+1/p+1. The first kappa shape index (κ1) is 33.6. The molecular formula is C42H49N7+2. The Kier molecular flexibility index (Phi) is 8.88. The molecule has 0 bridgehead atoms. The molecule has 0 saturated carbocycles. The van der Waals surface area contributed by atoms with Gasteiger partial charge in [-0.1, -0.05) is 70.8 Å². The van der Waals surface area contributed by atoms with Crippen molar-refractivity contribution >= 4 is 11.9 Å². The first-order chi connectivity index (χ1) is 23.2. The summed E-state index contributed by atoms with van der Waals surface area (Å²) in [6.07, 6.45) is 8.42. The smallest absolute Gasteiger partial charge is 0.199 e. The molecule has 0 atom stereocenters. The Labute approximate surface area is 291 Å². The highest BCUT2D eigenvalue weighted by Crippen LogP contribution is 2.29. The number of benzene rings is 4. The van der Waals surface area contributed by atoms with E-state index in [1.807, 2.05) is 0 Å². The van der Waals surface area contributed by atoms with Crippen molar-refractivity contribution in [2.75, 3.05) is 5.43 Å². The van der Waals surface area contributed by atoms with Gasteiger partial charge >= 0.3 is 11.9 Å². The normalized spacial score (nSPS) is 11.6. The van der Waals surface area contributed by atoms with E-state index >= 15 is 0 Å². The van der Waals surface area contributed by atoms with Gasteiger partial charge in [-0.15, -0.1) is 5.43 Å². The van der Waals surface area contributed by atoms with Gasteiger partial charge in [0.15, 0.2) is 0 Å². The number of imidazole rings is 2. The van der Waals surface area contributed by atoms with Gasteiger partial charge in [-0.25, -0.2) is 0 Å². The number of hydrogen-bond donors (Lipinski definition) is 1. The summed E-state index contributed by atoms with van der Waals surface area (Å²) >= 11 is 0. The van der Waals surface area contributed by atoms with Crippen molar-refractivity contribution in [3.05, 3.63) is 140 Å². The van der Waals surface area contributed by atoms with E-state index in [-0.39, 0.29) is 0 Å². The summed E-state index contributed by atoms with van der Waals surface area (Å²) in [5.41, 5.74) is 22.4. The van der Waals surface area contributed by atoms with Crippen molar-refractivity contribution in [2.45, 2.75) is 83.1 Å². The van der Waals surface area contributed by atoms with E-state index in [0.29, 0.717) is 5.95 Å². The van der Waals surface area contributed by atoms with E-state index < -0.39 is 0 Å². The number of aryl methyl sites for hydroxylation is 12. The lowest BCUT2D eigenvalue weighted by Gasteiger charge is -2.13. The molecule has 7 nitrogen and oxygen atoms in total. The SMILES string of the molecule is Cc1cc(C)c(-n2cc[n+](-c3c(C)cc(C)cc3C)c2/N=N/Nc2n(-c3c(C)cc(C)cc3C)cc[n+]2-c2c(C)cc(C)cc2C)c(C)c1. The Morgan fingerprint density at radius 3 is 1.24 bits per heavy atom. The van der Waals surface area contributed by atoms with Crippen molar-refractivity contribution in [1.29, 1.82) is 0 Å². The second-order valence-electron chi connectivity index (χ2n) is 14.0. The van der Waals surface area contributed by atoms with E-state index in [0.717, 1.165) is 28.7 Å². The predicted molar refractivity (Wildman–Crippen MR) is 200 cm³/mol. The molecule has 6 rings (SSSR count). The van der Waals surface area contributed by atoms with Crippen LogP contribution in [0.2, 0.25) is 0 Å². The summed E-state index contributed by atoms with van der Waals surface area (Å²) in [5.74, 6) is 1.50. The van der Waals surface area contributed by atoms with Gasteiger partial charge in [-0.05, 0) is 128 Å². The molecule has 0 aliphatic rings. The van der Waals surface area contributed by atoms with Crippen LogP contribution in [0.4, 0.5) is 11.9 Å². The first-order valence-corrected chi connectivity index (χ1v) is 17.0. The van der Waals surface area contributed by atoms with Crippen LogP contribution < -0.4 is 14.6 Å². The second-order valence-corrected chi connectivity index (χ2v) is 14.0. The molecule has 250 valence electrons. The maximum absolute atomic E-state index is 5.00. The fourth-order valence-corrected chi connectivity index (χ4v) is 8.01. The highest BCUT2D eigenvalue weighted by Gasteiger charge is 2.28. The van der Waals surface area contributed by atoms with Gasteiger partial charge in [-0.2, -0.15) is 18.3 Å². The third-order valence-corrected chi connectivity index (χ3v) is 9.41. The first-order valence-electron chi connectivity index (χ1n) is 17.0. The number of aromatic nitrogens is 4. The molecule has 0 fully saturated rings. The van der Waals surface area contributed by atoms with Crippen LogP contribution in [0.15, 0.2) is 83.7 Å². The zero-order chi connectivity index (χ0) is 35.3. The molecule has 0 spiro atoms. The van der Waals surface area contributed by atoms with Crippen LogP contribution in [0, 0.1) is 83.1 Å².